The first kappa shape index (κ1) is 18.1. The third-order valence-electron chi connectivity index (χ3n) is 4.30. The van der Waals surface area contributed by atoms with E-state index < -0.39 is 23.6 Å². The molecule has 1 saturated carbocycles. The van der Waals surface area contributed by atoms with Crippen LogP contribution < -0.4 is 10.1 Å². The summed E-state index contributed by atoms with van der Waals surface area (Å²) in [7, 11) is 1.55. The van der Waals surface area contributed by atoms with E-state index in [1.165, 1.54) is 0 Å². The lowest BCUT2D eigenvalue weighted by Crippen LogP contribution is -2.27. The summed E-state index contributed by atoms with van der Waals surface area (Å²) in [5.41, 5.74) is 0.381. The Morgan fingerprint density at radius 2 is 1.88 bits per heavy atom. The van der Waals surface area contributed by atoms with Crippen molar-refractivity contribution >= 4 is 17.7 Å². The highest BCUT2D eigenvalue weighted by Gasteiger charge is 2.63. The maximum atomic E-state index is 11.9. The molecule has 0 radical (unpaired) electrons. The van der Waals surface area contributed by atoms with Crippen LogP contribution in [0.1, 0.15) is 46.1 Å². The quantitative estimate of drug-likeness (QED) is 0.872. The van der Waals surface area contributed by atoms with Crippen LogP contribution in [0, 0.1) is 11.3 Å². The van der Waals surface area contributed by atoms with E-state index in [-0.39, 0.29) is 11.3 Å². The molecule has 6 heteroatoms. The minimum atomic E-state index is -0.822. The van der Waals surface area contributed by atoms with Crippen LogP contribution in [0.15, 0.2) is 18.2 Å². The van der Waals surface area contributed by atoms with E-state index >= 15 is 0 Å². The van der Waals surface area contributed by atoms with E-state index in [1.54, 1.807) is 46.1 Å². The minimum Gasteiger partial charge on any atom is -0.496 e. The number of carboxylic acid groups (broad SMARTS) is 1. The van der Waals surface area contributed by atoms with Crippen LogP contribution in [0.2, 0.25) is 0 Å². The van der Waals surface area contributed by atoms with Crippen molar-refractivity contribution in [3.8, 4) is 5.75 Å². The predicted molar refractivity (Wildman–Crippen MR) is 90.5 cm³/mol. The van der Waals surface area contributed by atoms with Gasteiger partial charge in [-0.3, -0.25) is 10.1 Å². The summed E-state index contributed by atoms with van der Waals surface area (Å²) in [6, 6.07) is 5.20. The summed E-state index contributed by atoms with van der Waals surface area (Å²) >= 11 is 0. The number of anilines is 1. The molecule has 0 aromatic heterocycles. The third-order valence-corrected chi connectivity index (χ3v) is 4.30. The van der Waals surface area contributed by atoms with E-state index in [4.69, 9.17) is 9.47 Å². The van der Waals surface area contributed by atoms with Gasteiger partial charge in [-0.15, -0.1) is 0 Å². The number of ether oxygens (including phenoxy) is 2. The maximum absolute atomic E-state index is 11.9. The fourth-order valence-electron chi connectivity index (χ4n) is 3.16. The lowest BCUT2D eigenvalue weighted by molar-refractivity contribution is -0.139. The molecule has 2 N–H and O–H groups in total. The smallest absolute Gasteiger partial charge is 0.412 e. The molecule has 132 valence electrons. The van der Waals surface area contributed by atoms with E-state index in [1.807, 2.05) is 13.8 Å². The number of hydrogen-bond donors (Lipinski definition) is 2. The van der Waals surface area contributed by atoms with Crippen LogP contribution in [0.25, 0.3) is 0 Å². The number of amides is 1. The molecule has 1 aliphatic carbocycles. The molecule has 6 nitrogen and oxygen atoms in total. The monoisotopic (exact) mass is 335 g/mol. The summed E-state index contributed by atoms with van der Waals surface area (Å²) in [4.78, 5) is 23.4. The molecule has 0 unspecified atom stereocenters. The summed E-state index contributed by atoms with van der Waals surface area (Å²) in [6.45, 7) is 9.20. The Morgan fingerprint density at radius 1 is 1.25 bits per heavy atom. The van der Waals surface area contributed by atoms with Gasteiger partial charge in [-0.2, -0.15) is 0 Å². The van der Waals surface area contributed by atoms with Crippen LogP contribution in [-0.4, -0.2) is 29.9 Å². The van der Waals surface area contributed by atoms with Crippen LogP contribution in [0.4, 0.5) is 10.5 Å². The van der Waals surface area contributed by atoms with Crippen molar-refractivity contribution in [1.82, 2.24) is 0 Å². The SMILES string of the molecule is COc1ccc(NC(=O)OC(C)(C)C)cc1[C@@H]1[C@@H](C(=O)O)C1(C)C. The van der Waals surface area contributed by atoms with Gasteiger partial charge in [0, 0.05) is 17.2 Å². The van der Waals surface area contributed by atoms with E-state index in [0.717, 1.165) is 5.56 Å². The first-order valence-corrected chi connectivity index (χ1v) is 7.88. The van der Waals surface area contributed by atoms with Gasteiger partial charge in [0.2, 0.25) is 0 Å². The third kappa shape index (κ3) is 3.63. The Bertz CT molecular complexity index is 660. The Labute approximate surface area is 142 Å². The first-order valence-electron chi connectivity index (χ1n) is 7.88. The van der Waals surface area contributed by atoms with Gasteiger partial charge < -0.3 is 14.6 Å². The normalized spacial score (nSPS) is 21.8. The van der Waals surface area contributed by atoms with Gasteiger partial charge in [0.25, 0.3) is 0 Å². The standard InChI is InChI=1S/C18H25NO5/c1-17(2,3)24-16(22)19-10-7-8-12(23-6)11(9-10)13-14(15(20)21)18(13,4)5/h7-9,13-14H,1-6H3,(H,19,22)(H,20,21)/t13-,14+/m1/s1. The number of rotatable bonds is 4. The van der Waals surface area contributed by atoms with Crippen molar-refractivity contribution < 1.29 is 24.2 Å². The van der Waals surface area contributed by atoms with Crippen molar-refractivity contribution in [2.24, 2.45) is 11.3 Å². The van der Waals surface area contributed by atoms with Crippen molar-refractivity contribution in [2.75, 3.05) is 12.4 Å². The van der Waals surface area contributed by atoms with Crippen LogP contribution in [0.3, 0.4) is 0 Å². The first-order chi connectivity index (χ1) is 11.0. The van der Waals surface area contributed by atoms with E-state index in [2.05, 4.69) is 5.32 Å². The second-order valence-electron chi connectivity index (χ2n) is 7.70. The second kappa shape index (κ2) is 6.00. The molecule has 1 fully saturated rings. The van der Waals surface area contributed by atoms with Crippen LogP contribution in [-0.2, 0) is 9.53 Å². The maximum Gasteiger partial charge on any atom is 0.412 e. The Morgan fingerprint density at radius 3 is 2.33 bits per heavy atom. The summed E-state index contributed by atoms with van der Waals surface area (Å²) in [5.74, 6) is -0.836. The zero-order valence-electron chi connectivity index (χ0n) is 15.0. The van der Waals surface area contributed by atoms with Gasteiger partial charge in [-0.1, -0.05) is 13.8 Å². The van der Waals surface area contributed by atoms with Crippen LogP contribution >= 0.6 is 0 Å². The predicted octanol–water partition coefficient (Wildman–Crippen LogP) is 3.87. The molecule has 0 saturated heterocycles. The number of aliphatic carboxylic acids is 1. The molecule has 0 spiro atoms. The van der Waals surface area contributed by atoms with Crippen molar-refractivity contribution in [3.05, 3.63) is 23.8 Å². The topological polar surface area (TPSA) is 84.9 Å². The van der Waals surface area contributed by atoms with Gasteiger partial charge >= 0.3 is 12.1 Å². The lowest BCUT2D eigenvalue weighted by atomic mass is 10.0. The zero-order chi connectivity index (χ0) is 18.3. The number of methoxy groups -OCH3 is 1. The molecule has 1 aromatic carbocycles. The largest absolute Gasteiger partial charge is 0.496 e. The number of hydrogen-bond acceptors (Lipinski definition) is 4. The number of carboxylic acids is 1. The van der Waals surface area contributed by atoms with Crippen molar-refractivity contribution in [1.29, 1.82) is 0 Å². The molecule has 2 rings (SSSR count). The average Bonchev–Trinajstić information content (AvgIpc) is 2.99. The summed E-state index contributed by atoms with van der Waals surface area (Å²) in [5, 5.41) is 12.1. The summed E-state index contributed by atoms with van der Waals surface area (Å²) < 4.78 is 10.6. The molecular formula is C18H25NO5. The molecule has 0 heterocycles. The number of nitrogens with one attached hydrogen (secondary N) is 1. The average molecular weight is 335 g/mol. The van der Waals surface area contributed by atoms with Crippen molar-refractivity contribution in [3.63, 3.8) is 0 Å². The van der Waals surface area contributed by atoms with Gasteiger partial charge in [-0.05, 0) is 44.4 Å². The minimum absolute atomic E-state index is 0.162. The lowest BCUT2D eigenvalue weighted by Gasteiger charge is -2.20. The zero-order valence-corrected chi connectivity index (χ0v) is 15.0. The highest BCUT2D eigenvalue weighted by Crippen LogP contribution is 2.66. The molecule has 1 aromatic rings. The highest BCUT2D eigenvalue weighted by molar-refractivity contribution is 5.85. The molecule has 0 bridgehead atoms. The fourth-order valence-corrected chi connectivity index (χ4v) is 3.16. The fraction of sp³-hybridized carbons (Fsp3) is 0.556. The second-order valence-corrected chi connectivity index (χ2v) is 7.70. The molecule has 0 aliphatic heterocycles. The number of benzene rings is 1. The number of carbonyl (C=O) groups is 2. The Balaban J connectivity index is 2.26. The highest BCUT2D eigenvalue weighted by atomic mass is 16.6. The Hall–Kier alpha value is -2.24. The summed E-state index contributed by atoms with van der Waals surface area (Å²) in [6.07, 6.45) is -0.552. The molecule has 2 atom stereocenters. The van der Waals surface area contributed by atoms with E-state index in [9.17, 15) is 14.7 Å². The van der Waals surface area contributed by atoms with Gasteiger partial charge in [0.1, 0.15) is 11.4 Å². The van der Waals surface area contributed by atoms with Gasteiger partial charge in [0.05, 0.1) is 13.0 Å². The molecular weight excluding hydrogens is 310 g/mol. The Kier molecular flexibility index (Phi) is 4.52. The van der Waals surface area contributed by atoms with E-state index in [0.29, 0.717) is 11.4 Å². The van der Waals surface area contributed by atoms with Gasteiger partial charge in [0.15, 0.2) is 0 Å². The molecule has 1 aliphatic rings. The van der Waals surface area contributed by atoms with Crippen LogP contribution in [0.5, 0.6) is 5.75 Å². The van der Waals surface area contributed by atoms with Gasteiger partial charge in [-0.25, -0.2) is 4.79 Å². The molecule has 24 heavy (non-hydrogen) atoms. The molecule has 1 amide bonds. The number of carbonyl (C=O) groups excluding carboxylic acids is 1. The van der Waals surface area contributed by atoms with Crippen molar-refractivity contribution in [2.45, 2.75) is 46.1 Å².